The molecule has 3 rings (SSSR count). The molecule has 2 N–H and O–H groups in total. The molecule has 2 aliphatic rings. The fraction of sp³-hybridized carbons (Fsp3) is 0.611. The van der Waals surface area contributed by atoms with Crippen molar-refractivity contribution in [2.75, 3.05) is 25.0 Å². The maximum atomic E-state index is 12.0. The molecule has 24 heavy (non-hydrogen) atoms. The first-order chi connectivity index (χ1) is 11.8. The second kappa shape index (κ2) is 8.78. The summed E-state index contributed by atoms with van der Waals surface area (Å²) in [5.41, 5.74) is 1.88. The van der Waals surface area contributed by atoms with Gasteiger partial charge >= 0.3 is 0 Å². The third-order valence-corrected chi connectivity index (χ3v) is 4.55. The molecule has 1 amide bonds. The predicted octanol–water partition coefficient (Wildman–Crippen LogP) is 2.69. The zero-order valence-corrected chi connectivity index (χ0v) is 14.1. The molecule has 1 unspecified atom stereocenters. The number of carbonyl (C=O) groups excluding carboxylic acids is 1. The molecule has 0 aromatic carbocycles. The molecule has 0 bridgehead atoms. The smallest absolute Gasteiger partial charge is 0.271 e. The topological polar surface area (TPSA) is 76.1 Å². The minimum absolute atomic E-state index is 0.136. The van der Waals surface area contributed by atoms with E-state index in [1.54, 1.807) is 6.07 Å². The lowest BCUT2D eigenvalue weighted by molar-refractivity contribution is 0.0853. The Hall–Kier alpha value is -1.95. The van der Waals surface area contributed by atoms with Crippen molar-refractivity contribution in [3.05, 3.63) is 29.5 Å². The van der Waals surface area contributed by atoms with Crippen LogP contribution in [0.25, 0.3) is 0 Å². The van der Waals surface area contributed by atoms with Crippen LogP contribution in [0.3, 0.4) is 0 Å². The molecule has 6 nitrogen and oxygen atoms in total. The number of hydrogen-bond donors (Lipinski definition) is 2. The molecule has 1 aliphatic carbocycles. The lowest BCUT2D eigenvalue weighted by Crippen LogP contribution is -2.32. The predicted molar refractivity (Wildman–Crippen MR) is 93.0 cm³/mol. The van der Waals surface area contributed by atoms with Crippen LogP contribution in [0.15, 0.2) is 23.8 Å². The van der Waals surface area contributed by atoms with Crippen molar-refractivity contribution in [1.29, 1.82) is 0 Å². The Labute approximate surface area is 143 Å². The molecule has 1 fully saturated rings. The minimum atomic E-state index is -0.197. The van der Waals surface area contributed by atoms with Gasteiger partial charge in [-0.15, -0.1) is 10.2 Å². The van der Waals surface area contributed by atoms with Gasteiger partial charge in [0.25, 0.3) is 5.91 Å². The molecular formula is C18H26N4O2. The molecule has 1 aliphatic heterocycles. The largest absolute Gasteiger partial charge is 0.376 e. The highest BCUT2D eigenvalue weighted by Gasteiger charge is 2.17. The molecule has 0 spiro atoms. The van der Waals surface area contributed by atoms with Crippen molar-refractivity contribution >= 4 is 11.7 Å². The maximum absolute atomic E-state index is 12.0. The number of ether oxygens (including phenoxy) is 1. The first kappa shape index (κ1) is 16.9. The van der Waals surface area contributed by atoms with Crippen molar-refractivity contribution < 1.29 is 9.53 Å². The number of anilines is 1. The third-order valence-electron chi connectivity index (χ3n) is 4.55. The first-order valence-corrected chi connectivity index (χ1v) is 8.96. The van der Waals surface area contributed by atoms with Crippen molar-refractivity contribution in [3.8, 4) is 0 Å². The Balaban J connectivity index is 1.40. The number of amides is 1. The number of allylic oxidation sites excluding steroid dienone is 1. The van der Waals surface area contributed by atoms with Crippen LogP contribution in [0, 0.1) is 0 Å². The van der Waals surface area contributed by atoms with Gasteiger partial charge in [-0.2, -0.15) is 0 Å². The van der Waals surface area contributed by atoms with Gasteiger partial charge in [0.05, 0.1) is 6.10 Å². The minimum Gasteiger partial charge on any atom is -0.376 e. The van der Waals surface area contributed by atoms with E-state index in [2.05, 4.69) is 26.9 Å². The number of nitrogens with zero attached hydrogens (tertiary/aromatic N) is 2. The van der Waals surface area contributed by atoms with Crippen molar-refractivity contribution in [2.24, 2.45) is 0 Å². The quantitative estimate of drug-likeness (QED) is 0.752. The summed E-state index contributed by atoms with van der Waals surface area (Å²) in [6.07, 6.45) is 10.7. The molecule has 0 saturated carbocycles. The van der Waals surface area contributed by atoms with Gasteiger partial charge < -0.3 is 15.4 Å². The number of carbonyl (C=O) groups is 1. The van der Waals surface area contributed by atoms with Crippen LogP contribution in [0.1, 0.15) is 55.4 Å². The monoisotopic (exact) mass is 330 g/mol. The second-order valence-electron chi connectivity index (χ2n) is 6.43. The summed E-state index contributed by atoms with van der Waals surface area (Å²) in [4.78, 5) is 12.0. The van der Waals surface area contributed by atoms with E-state index in [0.29, 0.717) is 18.1 Å². The number of rotatable bonds is 7. The lowest BCUT2D eigenvalue weighted by Gasteiger charge is -2.13. The summed E-state index contributed by atoms with van der Waals surface area (Å²) in [5, 5.41) is 14.2. The number of hydrogen-bond acceptors (Lipinski definition) is 5. The summed E-state index contributed by atoms with van der Waals surface area (Å²) in [6.45, 7) is 2.18. The molecule has 1 atom stereocenters. The van der Waals surface area contributed by atoms with Gasteiger partial charge in [0, 0.05) is 19.7 Å². The van der Waals surface area contributed by atoms with E-state index < -0.39 is 0 Å². The third kappa shape index (κ3) is 5.03. The van der Waals surface area contributed by atoms with Crippen LogP contribution in [-0.4, -0.2) is 41.9 Å². The average molecular weight is 330 g/mol. The summed E-state index contributed by atoms with van der Waals surface area (Å²) >= 11 is 0. The Morgan fingerprint density at radius 1 is 1.25 bits per heavy atom. The van der Waals surface area contributed by atoms with E-state index in [0.717, 1.165) is 32.4 Å². The fourth-order valence-corrected chi connectivity index (χ4v) is 3.13. The first-order valence-electron chi connectivity index (χ1n) is 8.96. The highest BCUT2D eigenvalue weighted by molar-refractivity contribution is 5.92. The molecule has 1 aromatic heterocycles. The Morgan fingerprint density at radius 2 is 2.21 bits per heavy atom. The standard InChI is InChI=1S/C18H26N4O2/c23-18(20-13-15-7-4-12-24-15)16-8-9-17(22-21-16)19-11-10-14-5-2-1-3-6-14/h5,8-9,15H,1-4,6-7,10-13H2,(H,19,22)(H,20,23). The van der Waals surface area contributed by atoms with Gasteiger partial charge in [0.2, 0.25) is 0 Å². The molecular weight excluding hydrogens is 304 g/mol. The molecule has 0 radical (unpaired) electrons. The molecule has 2 heterocycles. The van der Waals surface area contributed by atoms with Crippen LogP contribution >= 0.6 is 0 Å². The van der Waals surface area contributed by atoms with E-state index in [1.165, 1.54) is 31.3 Å². The zero-order valence-electron chi connectivity index (χ0n) is 14.1. The van der Waals surface area contributed by atoms with Gasteiger partial charge in [0.1, 0.15) is 5.82 Å². The van der Waals surface area contributed by atoms with Crippen LogP contribution in [0.2, 0.25) is 0 Å². The van der Waals surface area contributed by atoms with Gasteiger partial charge in [-0.1, -0.05) is 11.6 Å². The zero-order chi connectivity index (χ0) is 16.6. The molecule has 1 saturated heterocycles. The SMILES string of the molecule is O=C(NCC1CCCO1)c1ccc(NCCC2=CCCCC2)nn1. The molecule has 1 aromatic rings. The van der Waals surface area contributed by atoms with Crippen LogP contribution in [-0.2, 0) is 4.74 Å². The number of aromatic nitrogens is 2. The lowest BCUT2D eigenvalue weighted by atomic mass is 9.97. The number of nitrogens with one attached hydrogen (secondary N) is 2. The van der Waals surface area contributed by atoms with Gasteiger partial charge in [-0.3, -0.25) is 4.79 Å². The second-order valence-corrected chi connectivity index (χ2v) is 6.43. The Morgan fingerprint density at radius 3 is 2.92 bits per heavy atom. The van der Waals surface area contributed by atoms with E-state index in [-0.39, 0.29) is 12.0 Å². The van der Waals surface area contributed by atoms with Crippen LogP contribution in [0.4, 0.5) is 5.82 Å². The average Bonchev–Trinajstić information content (AvgIpc) is 3.15. The van der Waals surface area contributed by atoms with E-state index in [4.69, 9.17) is 4.74 Å². The van der Waals surface area contributed by atoms with E-state index in [1.807, 2.05) is 6.07 Å². The van der Waals surface area contributed by atoms with Gasteiger partial charge in [-0.05, 0) is 57.1 Å². The Kier molecular flexibility index (Phi) is 6.18. The maximum Gasteiger partial charge on any atom is 0.271 e. The Bertz CT molecular complexity index is 565. The van der Waals surface area contributed by atoms with Crippen molar-refractivity contribution in [1.82, 2.24) is 15.5 Å². The van der Waals surface area contributed by atoms with Crippen LogP contribution < -0.4 is 10.6 Å². The van der Waals surface area contributed by atoms with Crippen molar-refractivity contribution in [3.63, 3.8) is 0 Å². The highest BCUT2D eigenvalue weighted by Crippen LogP contribution is 2.19. The fourth-order valence-electron chi connectivity index (χ4n) is 3.13. The summed E-state index contributed by atoms with van der Waals surface area (Å²) < 4.78 is 5.49. The van der Waals surface area contributed by atoms with Gasteiger partial charge in [-0.25, -0.2) is 0 Å². The molecule has 130 valence electrons. The van der Waals surface area contributed by atoms with E-state index >= 15 is 0 Å². The highest BCUT2D eigenvalue weighted by atomic mass is 16.5. The summed E-state index contributed by atoms with van der Waals surface area (Å²) in [7, 11) is 0. The van der Waals surface area contributed by atoms with Gasteiger partial charge in [0.15, 0.2) is 5.69 Å². The summed E-state index contributed by atoms with van der Waals surface area (Å²) in [5.74, 6) is 0.513. The normalized spacial score (nSPS) is 20.5. The van der Waals surface area contributed by atoms with Crippen LogP contribution in [0.5, 0.6) is 0 Å². The molecule has 6 heteroatoms. The summed E-state index contributed by atoms with van der Waals surface area (Å²) in [6, 6.07) is 3.52. The van der Waals surface area contributed by atoms with Crippen molar-refractivity contribution in [2.45, 2.75) is 51.0 Å². The van der Waals surface area contributed by atoms with E-state index in [9.17, 15) is 4.79 Å².